The molecule has 4 atom stereocenters. The molecule has 0 saturated carbocycles. The summed E-state index contributed by atoms with van der Waals surface area (Å²) in [5, 5.41) is 29.4. The fourth-order valence-corrected chi connectivity index (χ4v) is 3.46. The van der Waals surface area contributed by atoms with Crippen LogP contribution < -0.4 is 11.2 Å². The van der Waals surface area contributed by atoms with E-state index in [1.54, 1.807) is 0 Å². The van der Waals surface area contributed by atoms with Crippen LogP contribution in [0, 0.1) is 0 Å². The Morgan fingerprint density at radius 3 is 2.57 bits per heavy atom. The Hall–Kier alpha value is -1.18. The highest BCUT2D eigenvalue weighted by Gasteiger charge is 2.43. The molecule has 1 aliphatic heterocycles. The number of nitrogens with zero attached hydrogens (tertiary/aromatic N) is 1. The van der Waals surface area contributed by atoms with Gasteiger partial charge in [0.1, 0.15) is 12.2 Å². The van der Waals surface area contributed by atoms with E-state index in [9.17, 15) is 19.8 Å². The van der Waals surface area contributed by atoms with Gasteiger partial charge in [0.05, 0.1) is 18.3 Å². The van der Waals surface area contributed by atoms with Gasteiger partial charge in [-0.15, -0.1) is 13.2 Å². The van der Waals surface area contributed by atoms with Crippen molar-refractivity contribution in [2.45, 2.75) is 37.6 Å². The second-order valence-electron chi connectivity index (χ2n) is 6.47. The number of nitrogens with one attached hydrogen (secondary N) is 1. The van der Waals surface area contributed by atoms with E-state index in [0.717, 1.165) is 16.9 Å². The molecule has 1 fully saturated rings. The zero-order valence-electron chi connectivity index (χ0n) is 13.2. The third-order valence-electron chi connectivity index (χ3n) is 3.84. The summed E-state index contributed by atoms with van der Waals surface area (Å²) in [6.45, 7) is 2.26. The third-order valence-corrected chi connectivity index (χ3v) is 5.31. The molecule has 0 radical (unpaired) electrons. The van der Waals surface area contributed by atoms with Gasteiger partial charge >= 0.3 is 5.69 Å². The first-order valence-corrected chi connectivity index (χ1v) is 10.3. The molecule has 2 heterocycles. The lowest BCUT2D eigenvalue weighted by Gasteiger charge is -2.19. The Kier molecular flexibility index (Phi) is 5.33. The van der Waals surface area contributed by atoms with E-state index in [-0.39, 0.29) is 5.56 Å². The van der Waals surface area contributed by atoms with Gasteiger partial charge in [-0.3, -0.25) is 14.3 Å². The minimum absolute atomic E-state index is 0.0249. The van der Waals surface area contributed by atoms with E-state index in [0.29, 0.717) is 6.42 Å². The molecule has 0 aromatic carbocycles. The number of ether oxygens (including phenoxy) is 1. The molecule has 8 nitrogen and oxygen atoms in total. The predicted molar refractivity (Wildman–Crippen MR) is 88.5 cm³/mol. The Morgan fingerprint density at radius 1 is 1.35 bits per heavy atom. The van der Waals surface area contributed by atoms with Crippen LogP contribution in [0.2, 0.25) is 0 Å². The van der Waals surface area contributed by atoms with Crippen LogP contribution in [-0.2, 0) is 11.3 Å². The molecule has 0 bridgehead atoms. The first-order valence-electron chi connectivity index (χ1n) is 7.28. The minimum Gasteiger partial charge on any atom is -0.391 e. The molecule has 1 aromatic rings. The molecule has 1 aliphatic rings. The maximum absolute atomic E-state index is 11.9. The van der Waals surface area contributed by atoms with Crippen molar-refractivity contribution in [3.05, 3.63) is 32.6 Å². The highest BCUT2D eigenvalue weighted by atomic mass is 31.2. The van der Waals surface area contributed by atoms with E-state index in [1.807, 2.05) is 0 Å². The van der Waals surface area contributed by atoms with Crippen molar-refractivity contribution < 1.29 is 20.1 Å². The van der Waals surface area contributed by atoms with Crippen LogP contribution in [-0.4, -0.2) is 69.0 Å². The highest BCUT2D eigenvalue weighted by Crippen LogP contribution is 2.39. The van der Waals surface area contributed by atoms with Gasteiger partial charge in [-0.25, -0.2) is 4.79 Å². The summed E-state index contributed by atoms with van der Waals surface area (Å²) < 4.78 is 6.63. The van der Waals surface area contributed by atoms with E-state index in [2.05, 4.69) is 24.6 Å². The third kappa shape index (κ3) is 4.02. The van der Waals surface area contributed by atoms with E-state index < -0.39 is 49.3 Å². The summed E-state index contributed by atoms with van der Waals surface area (Å²) in [4.78, 5) is 25.5. The van der Waals surface area contributed by atoms with Crippen LogP contribution in [0.4, 0.5) is 0 Å². The Labute approximate surface area is 133 Å². The monoisotopic (exact) mass is 346 g/mol. The molecule has 0 unspecified atom stereocenters. The van der Waals surface area contributed by atoms with Gasteiger partial charge in [-0.2, -0.15) is 0 Å². The van der Waals surface area contributed by atoms with E-state index in [4.69, 9.17) is 9.84 Å². The molecule has 1 aromatic heterocycles. The van der Waals surface area contributed by atoms with Crippen molar-refractivity contribution in [1.82, 2.24) is 9.55 Å². The predicted octanol–water partition coefficient (Wildman–Crippen LogP) is -1.25. The summed E-state index contributed by atoms with van der Waals surface area (Å²) in [5.74, 6) is 0. The second-order valence-corrected chi connectivity index (χ2v) is 10.8. The van der Waals surface area contributed by atoms with Gasteiger partial charge < -0.3 is 20.1 Å². The Bertz CT molecular complexity index is 721. The number of aliphatic hydroxyl groups is 3. The average molecular weight is 346 g/mol. The largest absolute Gasteiger partial charge is 0.391 e. The van der Waals surface area contributed by atoms with E-state index >= 15 is 0 Å². The molecule has 130 valence electrons. The van der Waals surface area contributed by atoms with Crippen LogP contribution in [0.15, 0.2) is 15.8 Å². The number of aromatic nitrogens is 2. The van der Waals surface area contributed by atoms with Gasteiger partial charge in [0.15, 0.2) is 6.23 Å². The van der Waals surface area contributed by atoms with Crippen molar-refractivity contribution >= 4 is 13.2 Å². The molecule has 0 spiro atoms. The molecule has 23 heavy (non-hydrogen) atoms. The van der Waals surface area contributed by atoms with Gasteiger partial charge in [0.25, 0.3) is 5.56 Å². The molecular formula is C14H23N2O6P. The molecule has 0 amide bonds. The van der Waals surface area contributed by atoms with Crippen molar-refractivity contribution in [1.29, 1.82) is 0 Å². The number of rotatable bonds is 5. The molecule has 2 rings (SSSR count). The fourth-order valence-electron chi connectivity index (χ4n) is 2.50. The number of aliphatic hydroxyl groups excluding tert-OH is 3. The van der Waals surface area contributed by atoms with Crippen LogP contribution >= 0.6 is 6.89 Å². The van der Waals surface area contributed by atoms with Crippen molar-refractivity contribution in [3.8, 4) is 0 Å². The first-order chi connectivity index (χ1) is 10.6. The van der Waals surface area contributed by atoms with Crippen LogP contribution in [0.5, 0.6) is 0 Å². The first kappa shape index (κ1) is 18.2. The van der Waals surface area contributed by atoms with Gasteiger partial charge in [-0.1, -0.05) is 0 Å². The fraction of sp³-hybridized carbons (Fsp3) is 0.643. The lowest BCUT2D eigenvalue weighted by atomic mass is 10.1. The highest BCUT2D eigenvalue weighted by molar-refractivity contribution is 7.72. The van der Waals surface area contributed by atoms with Crippen LogP contribution in [0.1, 0.15) is 18.2 Å². The zero-order chi connectivity index (χ0) is 17.4. The molecule has 0 aliphatic carbocycles. The molecule has 9 heteroatoms. The summed E-state index contributed by atoms with van der Waals surface area (Å²) in [6, 6.07) is 0. The van der Waals surface area contributed by atoms with Gasteiger partial charge in [0.2, 0.25) is 0 Å². The Morgan fingerprint density at radius 2 is 2.00 bits per heavy atom. The van der Waals surface area contributed by atoms with Crippen molar-refractivity contribution in [2.24, 2.45) is 0 Å². The summed E-state index contributed by atoms with van der Waals surface area (Å²) in [7, 11) is 0. The van der Waals surface area contributed by atoms with Crippen molar-refractivity contribution in [3.63, 3.8) is 0 Å². The van der Waals surface area contributed by atoms with Gasteiger partial charge in [0, 0.05) is 6.20 Å². The number of hydrogen-bond acceptors (Lipinski definition) is 6. The van der Waals surface area contributed by atoms with E-state index in [1.165, 1.54) is 0 Å². The van der Waals surface area contributed by atoms with Crippen molar-refractivity contribution in [2.75, 3.05) is 19.5 Å². The maximum Gasteiger partial charge on any atom is 0.330 e. The zero-order valence-corrected chi connectivity index (χ0v) is 14.1. The quantitative estimate of drug-likeness (QED) is 0.494. The Balaban J connectivity index is 2.26. The second kappa shape index (κ2) is 6.75. The summed E-state index contributed by atoms with van der Waals surface area (Å²) in [5.41, 5.74) is -1.49. The number of hydrogen-bond donors (Lipinski definition) is 4. The summed E-state index contributed by atoms with van der Waals surface area (Å²) in [6.07, 6.45) is 2.35. The lowest BCUT2D eigenvalue weighted by Crippen LogP contribution is -2.38. The average Bonchev–Trinajstić information content (AvgIpc) is 2.73. The number of aromatic amines is 1. The lowest BCUT2D eigenvalue weighted by molar-refractivity contribution is -0.0405. The standard InChI is InChI=1S/C14H23N2O6P/c1-23(2,3)5-4-9-10(18)11(19)13(22-9)16-6-8(7-17)12(20)15-14(16)21/h6,9-11,13,17-19H,1,4-5,7H2,2-3H3,(H,15,20,21)/t9-,10-,11-,13-/m1/s1. The molecular weight excluding hydrogens is 323 g/mol. The SMILES string of the molecule is C=P(C)(C)CC[C@H]1O[C@@H](n2cc(CO)c(=O)[nH]c2=O)[C@H](O)[C@@H]1O. The maximum atomic E-state index is 11.9. The normalized spacial score (nSPS) is 28.2. The van der Waals surface area contributed by atoms with Crippen LogP contribution in [0.25, 0.3) is 0 Å². The topological polar surface area (TPSA) is 125 Å². The number of H-pyrrole nitrogens is 1. The van der Waals surface area contributed by atoms with Crippen LogP contribution in [0.3, 0.4) is 0 Å². The molecule has 4 N–H and O–H groups in total. The minimum atomic E-state index is -1.31. The molecule has 1 saturated heterocycles. The summed E-state index contributed by atoms with van der Waals surface area (Å²) >= 11 is 0. The smallest absolute Gasteiger partial charge is 0.330 e. The van der Waals surface area contributed by atoms with Gasteiger partial charge in [-0.05, 0) is 25.9 Å².